The Kier molecular flexibility index (Phi) is 8.60. The third-order valence-corrected chi connectivity index (χ3v) is 11.5. The van der Waals surface area contributed by atoms with Crippen LogP contribution in [0.3, 0.4) is 0 Å². The van der Waals surface area contributed by atoms with Crippen LogP contribution in [-0.4, -0.2) is 102 Å². The summed E-state index contributed by atoms with van der Waals surface area (Å²) in [6.07, 6.45) is 0.524. The van der Waals surface area contributed by atoms with E-state index in [9.17, 15) is 27.2 Å². The van der Waals surface area contributed by atoms with Crippen molar-refractivity contribution >= 4 is 61.8 Å². The van der Waals surface area contributed by atoms with Crippen LogP contribution in [-0.2, 0) is 24.3 Å². The second kappa shape index (κ2) is 12.1. The Morgan fingerprint density at radius 2 is 1.76 bits per heavy atom. The maximum absolute atomic E-state index is 14.0. The molecule has 4 atom stereocenters. The molecule has 3 saturated heterocycles. The Morgan fingerprint density at radius 3 is 2.46 bits per heavy atom. The van der Waals surface area contributed by atoms with Gasteiger partial charge in [-0.05, 0) is 54.3 Å². The molecular weight excluding hydrogens is 660 g/mol. The zero-order valence-electron chi connectivity index (χ0n) is 25.4. The molecule has 11 nitrogen and oxygen atoms in total. The number of rotatable bonds is 6. The van der Waals surface area contributed by atoms with Gasteiger partial charge in [-0.3, -0.25) is 14.4 Å². The van der Waals surface area contributed by atoms with Crippen LogP contribution in [0.1, 0.15) is 37.7 Å². The Bertz CT molecular complexity index is 1830. The van der Waals surface area contributed by atoms with Crippen molar-refractivity contribution in [2.75, 3.05) is 32.8 Å². The largest absolute Gasteiger partial charge is 0.378 e. The van der Waals surface area contributed by atoms with Crippen molar-refractivity contribution in [1.29, 1.82) is 0 Å². The number of halogens is 3. The van der Waals surface area contributed by atoms with Crippen LogP contribution >= 0.6 is 23.2 Å². The van der Waals surface area contributed by atoms with Gasteiger partial charge in [-0.25, -0.2) is 12.8 Å². The van der Waals surface area contributed by atoms with Gasteiger partial charge in [0, 0.05) is 35.6 Å². The summed E-state index contributed by atoms with van der Waals surface area (Å²) in [5.41, 5.74) is 0.144. The molecule has 0 unspecified atom stereocenters. The van der Waals surface area contributed by atoms with Gasteiger partial charge in [-0.15, -0.1) is 0 Å². The minimum Gasteiger partial charge on any atom is -0.378 e. The van der Waals surface area contributed by atoms with Crippen LogP contribution in [0, 0.1) is 11.2 Å². The van der Waals surface area contributed by atoms with Crippen LogP contribution < -0.4 is 5.32 Å². The first-order valence-electron chi connectivity index (χ1n) is 14.9. The summed E-state index contributed by atoms with van der Waals surface area (Å²) >= 11 is 12.3. The van der Waals surface area contributed by atoms with Crippen LogP contribution in [0.25, 0.3) is 10.9 Å². The number of benzene rings is 2. The number of aromatic nitrogens is 1. The number of sulfonamides is 1. The molecule has 1 aromatic heterocycles. The lowest BCUT2D eigenvalue weighted by molar-refractivity contribution is -0.146. The van der Waals surface area contributed by atoms with Gasteiger partial charge in [-0.1, -0.05) is 44.0 Å². The molecule has 0 saturated carbocycles. The summed E-state index contributed by atoms with van der Waals surface area (Å²) in [4.78, 5) is 47.2. The van der Waals surface area contributed by atoms with Crippen molar-refractivity contribution in [2.24, 2.45) is 5.41 Å². The van der Waals surface area contributed by atoms with E-state index in [1.54, 1.807) is 15.9 Å². The highest BCUT2D eigenvalue weighted by atomic mass is 35.5. The number of ether oxygens (including phenoxy) is 1. The SMILES string of the molecule is CC(C)(C)[C@H](NC(=O)c1cc2cc(F)ccc2[nH]1)C(=O)N1C[C@@H]2C[C@H]1CN2C(=O)[C@H]1COCCN1S(=O)(=O)c1cc(Cl)ccc1Cl. The maximum Gasteiger partial charge on any atom is 0.268 e. The molecule has 3 aromatic rings. The standard InChI is InChI=1S/C31H34Cl2FN5O6S/c1-31(2,3)27(36-28(40)24-11-17-10-19(34)5-7-23(17)35-24)30(42)38-15-20-13-21(38)14-37(20)29(41)25-16-45-9-8-39(25)46(43,44)26-12-18(32)4-6-22(26)33/h4-7,10-12,20-21,25,27,35H,8-9,13-16H2,1-3H3,(H,36,40)/t20-,21-,25+,27+/m0/s1. The van der Waals surface area contributed by atoms with E-state index in [2.05, 4.69) is 10.3 Å². The van der Waals surface area contributed by atoms with Gasteiger partial charge in [0.05, 0.1) is 30.3 Å². The summed E-state index contributed by atoms with van der Waals surface area (Å²) in [6, 6.07) is 7.21. The lowest BCUT2D eigenvalue weighted by atomic mass is 9.85. The maximum atomic E-state index is 14.0. The molecular formula is C31H34Cl2FN5O6S. The second-order valence-electron chi connectivity index (χ2n) is 13.0. The molecule has 246 valence electrons. The van der Waals surface area contributed by atoms with E-state index in [4.69, 9.17) is 27.9 Å². The van der Waals surface area contributed by atoms with Gasteiger partial charge in [0.15, 0.2) is 0 Å². The number of morpholine rings is 1. The van der Waals surface area contributed by atoms with E-state index in [1.807, 2.05) is 20.8 Å². The predicted octanol–water partition coefficient (Wildman–Crippen LogP) is 3.66. The van der Waals surface area contributed by atoms with Crippen molar-refractivity contribution in [1.82, 2.24) is 24.4 Å². The molecule has 3 aliphatic heterocycles. The number of H-pyrrole nitrogens is 1. The van der Waals surface area contributed by atoms with Crippen molar-refractivity contribution in [2.45, 2.75) is 56.3 Å². The van der Waals surface area contributed by atoms with Gasteiger partial charge >= 0.3 is 0 Å². The fraction of sp³-hybridized carbons (Fsp3) is 0.452. The highest BCUT2D eigenvalue weighted by Crippen LogP contribution is 2.36. The molecule has 2 aromatic carbocycles. The first-order chi connectivity index (χ1) is 21.6. The van der Waals surface area contributed by atoms with E-state index < -0.39 is 45.2 Å². The Hall–Kier alpha value is -3.23. The minimum absolute atomic E-state index is 0.00425. The van der Waals surface area contributed by atoms with Crippen molar-refractivity contribution in [3.8, 4) is 0 Å². The first kappa shape index (κ1) is 32.7. The lowest BCUT2D eigenvalue weighted by Gasteiger charge is -2.41. The molecule has 0 radical (unpaired) electrons. The van der Waals surface area contributed by atoms with Crippen LogP contribution in [0.2, 0.25) is 10.0 Å². The number of aromatic amines is 1. The molecule has 15 heteroatoms. The smallest absolute Gasteiger partial charge is 0.268 e. The van der Waals surface area contributed by atoms with E-state index >= 15 is 0 Å². The van der Waals surface area contributed by atoms with Gasteiger partial charge in [0.1, 0.15) is 28.5 Å². The molecule has 0 aliphatic carbocycles. The van der Waals surface area contributed by atoms with E-state index in [0.717, 1.165) is 4.31 Å². The molecule has 4 heterocycles. The number of carbonyl (C=O) groups excluding carboxylic acids is 3. The Labute approximate surface area is 276 Å². The van der Waals surface area contributed by atoms with Gasteiger partial charge in [0.2, 0.25) is 21.8 Å². The quantitative estimate of drug-likeness (QED) is 0.405. The summed E-state index contributed by atoms with van der Waals surface area (Å²) in [7, 11) is -4.19. The van der Waals surface area contributed by atoms with E-state index in [0.29, 0.717) is 17.3 Å². The number of hydrogen-bond donors (Lipinski definition) is 2. The minimum atomic E-state index is -4.19. The summed E-state index contributed by atoms with van der Waals surface area (Å²) < 4.78 is 47.7. The summed E-state index contributed by atoms with van der Waals surface area (Å²) in [5.74, 6) is -1.60. The van der Waals surface area contributed by atoms with E-state index in [1.165, 1.54) is 36.4 Å². The van der Waals surface area contributed by atoms with E-state index in [-0.39, 0.29) is 71.5 Å². The third-order valence-electron chi connectivity index (χ3n) is 8.87. The Balaban J connectivity index is 1.16. The molecule has 3 aliphatic rings. The number of carbonyl (C=O) groups is 3. The lowest BCUT2D eigenvalue weighted by Crippen LogP contribution is -2.62. The van der Waals surface area contributed by atoms with Crippen molar-refractivity contribution < 1.29 is 31.9 Å². The molecule has 6 rings (SSSR count). The highest BCUT2D eigenvalue weighted by molar-refractivity contribution is 7.89. The first-order valence-corrected chi connectivity index (χ1v) is 17.1. The zero-order chi connectivity index (χ0) is 33.1. The molecule has 46 heavy (non-hydrogen) atoms. The topological polar surface area (TPSA) is 132 Å². The number of likely N-dealkylation sites (tertiary alicyclic amines) is 2. The highest BCUT2D eigenvalue weighted by Gasteiger charge is 2.52. The fourth-order valence-corrected chi connectivity index (χ4v) is 8.81. The second-order valence-corrected chi connectivity index (χ2v) is 15.7. The summed E-state index contributed by atoms with van der Waals surface area (Å²) in [5, 5.41) is 3.60. The number of fused-ring (bicyclic) bond motifs is 3. The number of nitrogens with zero attached hydrogens (tertiary/aromatic N) is 3. The normalized spacial score (nSPS) is 22.8. The van der Waals surface area contributed by atoms with Gasteiger partial charge < -0.3 is 24.8 Å². The molecule has 2 N–H and O–H groups in total. The third kappa shape index (κ3) is 5.99. The average molecular weight is 695 g/mol. The Morgan fingerprint density at radius 1 is 1.04 bits per heavy atom. The molecule has 2 bridgehead atoms. The average Bonchev–Trinajstić information content (AvgIpc) is 3.74. The van der Waals surface area contributed by atoms with Gasteiger partial charge in [-0.2, -0.15) is 4.31 Å². The number of amides is 3. The molecule has 3 amide bonds. The van der Waals surface area contributed by atoms with Gasteiger partial charge in [0.25, 0.3) is 5.91 Å². The fourth-order valence-electron chi connectivity index (χ4n) is 6.52. The number of nitrogens with one attached hydrogen (secondary N) is 2. The number of hydrogen-bond acceptors (Lipinski definition) is 6. The van der Waals surface area contributed by atoms with Crippen LogP contribution in [0.5, 0.6) is 0 Å². The van der Waals surface area contributed by atoms with Crippen molar-refractivity contribution in [3.05, 3.63) is 64.0 Å². The predicted molar refractivity (Wildman–Crippen MR) is 170 cm³/mol. The van der Waals surface area contributed by atoms with Crippen molar-refractivity contribution in [3.63, 3.8) is 0 Å². The molecule has 3 fully saturated rings. The molecule has 0 spiro atoms. The summed E-state index contributed by atoms with van der Waals surface area (Å²) in [6.45, 7) is 5.98. The van der Waals surface area contributed by atoms with Crippen LogP contribution in [0.15, 0.2) is 47.4 Å². The van der Waals surface area contributed by atoms with Crippen LogP contribution in [0.4, 0.5) is 4.39 Å². The monoisotopic (exact) mass is 693 g/mol. The number of piperazine rings is 1. The zero-order valence-corrected chi connectivity index (χ0v) is 27.8.